The highest BCUT2D eigenvalue weighted by Gasteiger charge is 2.13. The van der Waals surface area contributed by atoms with Gasteiger partial charge in [-0.25, -0.2) is 0 Å². The zero-order valence-electron chi connectivity index (χ0n) is 11.2. The van der Waals surface area contributed by atoms with Crippen molar-refractivity contribution >= 4 is 23.2 Å². The second-order valence-corrected chi connectivity index (χ2v) is 5.67. The first-order valence-corrected chi connectivity index (χ1v) is 6.94. The molecule has 1 nitrogen and oxygen atoms in total. The van der Waals surface area contributed by atoms with E-state index in [9.17, 15) is 0 Å². The van der Waals surface area contributed by atoms with Crippen molar-refractivity contribution in [2.45, 2.75) is 18.7 Å². The van der Waals surface area contributed by atoms with E-state index in [0.717, 1.165) is 11.1 Å². The third-order valence-corrected chi connectivity index (χ3v) is 3.64. The minimum absolute atomic E-state index is 0.597. The van der Waals surface area contributed by atoms with E-state index in [4.69, 9.17) is 27.9 Å². The third-order valence-electron chi connectivity index (χ3n) is 3.17. The molecule has 2 rings (SSSR count). The number of hydrogen-bond acceptors (Lipinski definition) is 1. The Bertz CT molecular complexity index is 591. The van der Waals surface area contributed by atoms with Gasteiger partial charge in [-0.1, -0.05) is 53.0 Å². The lowest BCUT2D eigenvalue weighted by Crippen LogP contribution is -1.93. The maximum absolute atomic E-state index is 6.00. The smallest absolute Gasteiger partial charge is 0.136 e. The fourth-order valence-corrected chi connectivity index (χ4v) is 2.46. The zero-order chi connectivity index (χ0) is 14.0. The van der Waals surface area contributed by atoms with Crippen molar-refractivity contribution in [2.75, 3.05) is 7.11 Å². The molecule has 0 heterocycles. The minimum Gasteiger partial charge on any atom is -0.496 e. The van der Waals surface area contributed by atoms with Crippen LogP contribution in [0, 0.1) is 13.8 Å². The fourth-order valence-electron chi connectivity index (χ4n) is 2.12. The van der Waals surface area contributed by atoms with Gasteiger partial charge >= 0.3 is 0 Å². The molecule has 3 heteroatoms. The van der Waals surface area contributed by atoms with Crippen molar-refractivity contribution in [2.24, 2.45) is 0 Å². The van der Waals surface area contributed by atoms with Gasteiger partial charge in [-0.3, -0.25) is 0 Å². The molecule has 100 valence electrons. The second-order valence-electron chi connectivity index (χ2n) is 4.58. The van der Waals surface area contributed by atoms with E-state index < -0.39 is 4.84 Å². The van der Waals surface area contributed by atoms with Crippen molar-refractivity contribution in [3.8, 4) is 16.9 Å². The van der Waals surface area contributed by atoms with Crippen LogP contribution >= 0.6 is 23.2 Å². The molecular formula is C16H16Cl2O. The average Bonchev–Trinajstić information content (AvgIpc) is 2.40. The van der Waals surface area contributed by atoms with Crippen molar-refractivity contribution in [1.29, 1.82) is 0 Å². The van der Waals surface area contributed by atoms with Gasteiger partial charge in [-0.05, 0) is 42.7 Å². The van der Waals surface area contributed by atoms with Gasteiger partial charge in [0.15, 0.2) is 0 Å². The number of benzene rings is 2. The van der Waals surface area contributed by atoms with Gasteiger partial charge in [0.2, 0.25) is 0 Å². The van der Waals surface area contributed by atoms with Crippen LogP contribution in [0.5, 0.6) is 5.75 Å². The topological polar surface area (TPSA) is 9.23 Å². The molecule has 0 unspecified atom stereocenters. The van der Waals surface area contributed by atoms with Crippen LogP contribution in [0.2, 0.25) is 0 Å². The lowest BCUT2D eigenvalue weighted by molar-refractivity contribution is 0.411. The lowest BCUT2D eigenvalue weighted by atomic mass is 9.97. The van der Waals surface area contributed by atoms with Crippen molar-refractivity contribution in [1.82, 2.24) is 0 Å². The standard InChI is InChI=1S/C16H16Cl2O/c1-10-4-5-11(2)13(8-10)12-6-7-15(19-3)14(9-12)16(17)18/h4-9,16H,1-3H3. The second kappa shape index (κ2) is 5.85. The number of methoxy groups -OCH3 is 1. The monoisotopic (exact) mass is 294 g/mol. The van der Waals surface area contributed by atoms with E-state index in [0.29, 0.717) is 5.75 Å². The first-order valence-electron chi connectivity index (χ1n) is 6.06. The molecule has 0 aliphatic heterocycles. The van der Waals surface area contributed by atoms with Crippen LogP contribution in [0.25, 0.3) is 11.1 Å². The highest BCUT2D eigenvalue weighted by Crippen LogP contribution is 2.36. The van der Waals surface area contributed by atoms with Gasteiger partial charge in [0.05, 0.1) is 7.11 Å². The quantitative estimate of drug-likeness (QED) is 0.684. The van der Waals surface area contributed by atoms with Gasteiger partial charge in [0.25, 0.3) is 0 Å². The Kier molecular flexibility index (Phi) is 4.38. The molecule has 0 aliphatic rings. The summed E-state index contributed by atoms with van der Waals surface area (Å²) in [6.45, 7) is 4.18. The SMILES string of the molecule is COc1ccc(-c2cc(C)ccc2C)cc1C(Cl)Cl. The van der Waals surface area contributed by atoms with Gasteiger partial charge in [0, 0.05) is 5.56 Å². The zero-order valence-corrected chi connectivity index (χ0v) is 12.7. The summed E-state index contributed by atoms with van der Waals surface area (Å²) in [5.74, 6) is 0.712. The fraction of sp³-hybridized carbons (Fsp3) is 0.250. The number of rotatable bonds is 3. The third kappa shape index (κ3) is 3.05. The Morgan fingerprint density at radius 1 is 1.00 bits per heavy atom. The molecule has 0 atom stereocenters. The number of aryl methyl sites for hydroxylation is 2. The lowest BCUT2D eigenvalue weighted by Gasteiger charge is -2.13. The first-order chi connectivity index (χ1) is 9.02. The summed E-state index contributed by atoms with van der Waals surface area (Å²) in [6, 6.07) is 12.3. The summed E-state index contributed by atoms with van der Waals surface area (Å²) < 4.78 is 5.28. The van der Waals surface area contributed by atoms with E-state index >= 15 is 0 Å². The largest absolute Gasteiger partial charge is 0.496 e. The van der Waals surface area contributed by atoms with Crippen LogP contribution in [0.15, 0.2) is 36.4 Å². The Hall–Kier alpha value is -1.18. The molecular weight excluding hydrogens is 279 g/mol. The number of hydrogen-bond donors (Lipinski definition) is 0. The molecule has 0 aliphatic carbocycles. The predicted octanol–water partition coefficient (Wildman–Crippen LogP) is 5.46. The van der Waals surface area contributed by atoms with Crippen LogP contribution < -0.4 is 4.74 Å². The molecule has 0 amide bonds. The van der Waals surface area contributed by atoms with Crippen molar-refractivity contribution in [3.63, 3.8) is 0 Å². The molecule has 0 fully saturated rings. The average molecular weight is 295 g/mol. The molecule has 0 N–H and O–H groups in total. The van der Waals surface area contributed by atoms with Crippen LogP contribution in [0.1, 0.15) is 21.5 Å². The Labute approximate surface area is 124 Å². The van der Waals surface area contributed by atoms with E-state index in [1.54, 1.807) is 7.11 Å². The normalized spacial score (nSPS) is 10.8. The summed E-state index contributed by atoms with van der Waals surface area (Å²) >= 11 is 12.0. The van der Waals surface area contributed by atoms with Gasteiger partial charge < -0.3 is 4.74 Å². The van der Waals surface area contributed by atoms with E-state index in [-0.39, 0.29) is 0 Å². The Balaban J connectivity index is 2.57. The van der Waals surface area contributed by atoms with E-state index in [1.807, 2.05) is 18.2 Å². The molecule has 0 saturated carbocycles. The van der Waals surface area contributed by atoms with Crippen molar-refractivity contribution in [3.05, 3.63) is 53.1 Å². The number of ether oxygens (including phenoxy) is 1. The van der Waals surface area contributed by atoms with E-state index in [1.165, 1.54) is 16.7 Å². The van der Waals surface area contributed by atoms with Crippen LogP contribution in [-0.4, -0.2) is 7.11 Å². The minimum atomic E-state index is -0.597. The maximum atomic E-state index is 6.00. The Morgan fingerprint density at radius 3 is 2.37 bits per heavy atom. The summed E-state index contributed by atoms with van der Waals surface area (Å²) in [7, 11) is 1.62. The van der Waals surface area contributed by atoms with Crippen molar-refractivity contribution < 1.29 is 4.74 Å². The molecule has 2 aromatic carbocycles. The summed E-state index contributed by atoms with van der Waals surface area (Å²) in [4.78, 5) is -0.597. The highest BCUT2D eigenvalue weighted by atomic mass is 35.5. The van der Waals surface area contributed by atoms with E-state index in [2.05, 4.69) is 32.0 Å². The molecule has 0 bridgehead atoms. The van der Waals surface area contributed by atoms with Gasteiger partial charge in [-0.2, -0.15) is 0 Å². The molecule has 0 aromatic heterocycles. The molecule has 0 radical (unpaired) electrons. The summed E-state index contributed by atoms with van der Waals surface area (Å²) in [5, 5.41) is 0. The van der Waals surface area contributed by atoms with Crippen LogP contribution in [-0.2, 0) is 0 Å². The summed E-state index contributed by atoms with van der Waals surface area (Å²) in [6.07, 6.45) is 0. The van der Waals surface area contributed by atoms with Crippen LogP contribution in [0.3, 0.4) is 0 Å². The molecule has 0 spiro atoms. The molecule has 19 heavy (non-hydrogen) atoms. The van der Waals surface area contributed by atoms with Gasteiger partial charge in [-0.15, -0.1) is 0 Å². The van der Waals surface area contributed by atoms with Gasteiger partial charge in [0.1, 0.15) is 10.6 Å². The highest BCUT2D eigenvalue weighted by molar-refractivity contribution is 6.44. The number of alkyl halides is 2. The van der Waals surface area contributed by atoms with Crippen LogP contribution in [0.4, 0.5) is 0 Å². The molecule has 2 aromatic rings. The maximum Gasteiger partial charge on any atom is 0.136 e. The molecule has 0 saturated heterocycles. The first kappa shape index (κ1) is 14.2. The number of halogens is 2. The Morgan fingerprint density at radius 2 is 1.74 bits per heavy atom. The summed E-state index contributed by atoms with van der Waals surface area (Å²) in [5.41, 5.74) is 5.54. The predicted molar refractivity (Wildman–Crippen MR) is 82.4 cm³/mol.